The van der Waals surface area contributed by atoms with E-state index in [-0.39, 0.29) is 0 Å². The number of aromatic nitrogens is 1. The SMILES string of the molecule is Nc1ccc(CCn2cccc2)cc1. The number of rotatable bonds is 3. The minimum atomic E-state index is 0.828. The number of benzene rings is 1. The van der Waals surface area contributed by atoms with Gasteiger partial charge in [-0.25, -0.2) is 0 Å². The lowest BCUT2D eigenvalue weighted by molar-refractivity contribution is 0.701. The minimum absolute atomic E-state index is 0.828. The maximum Gasteiger partial charge on any atom is 0.0314 e. The van der Waals surface area contributed by atoms with Crippen molar-refractivity contribution in [2.75, 3.05) is 5.73 Å². The van der Waals surface area contributed by atoms with Crippen LogP contribution in [-0.4, -0.2) is 4.57 Å². The average Bonchev–Trinajstić information content (AvgIpc) is 2.70. The summed E-state index contributed by atoms with van der Waals surface area (Å²) in [6.07, 6.45) is 5.21. The predicted octanol–water partition coefficient (Wildman–Crippen LogP) is 2.31. The van der Waals surface area contributed by atoms with Gasteiger partial charge in [0, 0.05) is 24.6 Å². The van der Waals surface area contributed by atoms with E-state index in [0.717, 1.165) is 18.7 Å². The molecule has 2 rings (SSSR count). The third-order valence-electron chi connectivity index (χ3n) is 2.30. The van der Waals surface area contributed by atoms with E-state index in [1.807, 2.05) is 24.3 Å². The zero-order chi connectivity index (χ0) is 9.80. The monoisotopic (exact) mass is 186 g/mol. The molecule has 2 aromatic rings. The van der Waals surface area contributed by atoms with Crippen LogP contribution in [0.2, 0.25) is 0 Å². The first-order chi connectivity index (χ1) is 6.84. The van der Waals surface area contributed by atoms with Gasteiger partial charge in [-0.15, -0.1) is 0 Å². The summed E-state index contributed by atoms with van der Waals surface area (Å²) in [7, 11) is 0. The molecule has 2 nitrogen and oxygen atoms in total. The van der Waals surface area contributed by atoms with Gasteiger partial charge in [-0.3, -0.25) is 0 Å². The van der Waals surface area contributed by atoms with Crippen molar-refractivity contribution in [2.24, 2.45) is 0 Å². The van der Waals surface area contributed by atoms with Crippen molar-refractivity contribution in [1.82, 2.24) is 4.57 Å². The molecule has 14 heavy (non-hydrogen) atoms. The normalized spacial score (nSPS) is 10.3. The molecule has 1 aromatic heterocycles. The molecule has 0 aliphatic carbocycles. The van der Waals surface area contributed by atoms with Crippen molar-refractivity contribution in [3.05, 3.63) is 54.4 Å². The Balaban J connectivity index is 1.95. The van der Waals surface area contributed by atoms with Crippen LogP contribution in [-0.2, 0) is 13.0 Å². The number of hydrogen-bond donors (Lipinski definition) is 1. The molecule has 0 aliphatic heterocycles. The highest BCUT2D eigenvalue weighted by atomic mass is 14.9. The topological polar surface area (TPSA) is 30.9 Å². The molecule has 2 heteroatoms. The summed E-state index contributed by atoms with van der Waals surface area (Å²) in [6.45, 7) is 1.02. The number of aryl methyl sites for hydroxylation is 2. The van der Waals surface area contributed by atoms with Crippen LogP contribution >= 0.6 is 0 Å². The number of nitrogens with zero attached hydrogens (tertiary/aromatic N) is 1. The van der Waals surface area contributed by atoms with Gasteiger partial charge in [0.25, 0.3) is 0 Å². The second-order valence-corrected chi connectivity index (χ2v) is 3.41. The molecule has 0 unspecified atom stereocenters. The Morgan fingerprint density at radius 1 is 1.00 bits per heavy atom. The lowest BCUT2D eigenvalue weighted by atomic mass is 10.1. The molecule has 1 aromatic carbocycles. The zero-order valence-corrected chi connectivity index (χ0v) is 8.06. The first-order valence-corrected chi connectivity index (χ1v) is 4.80. The summed E-state index contributed by atoms with van der Waals surface area (Å²) in [5, 5.41) is 0. The first-order valence-electron chi connectivity index (χ1n) is 4.80. The van der Waals surface area contributed by atoms with Gasteiger partial charge < -0.3 is 10.3 Å². The highest BCUT2D eigenvalue weighted by Gasteiger charge is 1.93. The van der Waals surface area contributed by atoms with Crippen LogP contribution in [0, 0.1) is 0 Å². The van der Waals surface area contributed by atoms with Crippen molar-refractivity contribution in [2.45, 2.75) is 13.0 Å². The molecule has 0 aliphatic rings. The number of nitrogens with two attached hydrogens (primary N) is 1. The van der Waals surface area contributed by atoms with E-state index in [4.69, 9.17) is 5.73 Å². The quantitative estimate of drug-likeness (QED) is 0.733. The van der Waals surface area contributed by atoms with Crippen LogP contribution in [0.3, 0.4) is 0 Å². The van der Waals surface area contributed by atoms with Crippen molar-refractivity contribution >= 4 is 5.69 Å². The molecule has 1 heterocycles. The van der Waals surface area contributed by atoms with Crippen LogP contribution in [0.5, 0.6) is 0 Å². The molecule has 0 saturated carbocycles. The molecule has 0 atom stereocenters. The van der Waals surface area contributed by atoms with Crippen molar-refractivity contribution in [3.63, 3.8) is 0 Å². The Hall–Kier alpha value is -1.70. The van der Waals surface area contributed by atoms with Crippen molar-refractivity contribution in [3.8, 4) is 0 Å². The van der Waals surface area contributed by atoms with Crippen LogP contribution in [0.1, 0.15) is 5.56 Å². The van der Waals surface area contributed by atoms with E-state index in [1.165, 1.54) is 5.56 Å². The Morgan fingerprint density at radius 3 is 2.29 bits per heavy atom. The van der Waals surface area contributed by atoms with Gasteiger partial charge in [-0.1, -0.05) is 12.1 Å². The predicted molar refractivity (Wildman–Crippen MR) is 59.0 cm³/mol. The van der Waals surface area contributed by atoms with E-state index in [0.29, 0.717) is 0 Å². The molecule has 0 fully saturated rings. The third-order valence-corrected chi connectivity index (χ3v) is 2.30. The van der Waals surface area contributed by atoms with Gasteiger partial charge in [0.15, 0.2) is 0 Å². The second kappa shape index (κ2) is 4.01. The van der Waals surface area contributed by atoms with E-state index in [1.54, 1.807) is 0 Å². The summed E-state index contributed by atoms with van der Waals surface area (Å²) >= 11 is 0. The zero-order valence-electron chi connectivity index (χ0n) is 8.06. The fourth-order valence-electron chi connectivity index (χ4n) is 1.46. The summed E-state index contributed by atoms with van der Waals surface area (Å²) < 4.78 is 2.18. The highest BCUT2D eigenvalue weighted by Crippen LogP contribution is 2.07. The molecule has 0 amide bonds. The fraction of sp³-hybridized carbons (Fsp3) is 0.167. The van der Waals surface area contributed by atoms with E-state index >= 15 is 0 Å². The van der Waals surface area contributed by atoms with E-state index in [2.05, 4.69) is 29.1 Å². The van der Waals surface area contributed by atoms with Gasteiger partial charge >= 0.3 is 0 Å². The first kappa shape index (κ1) is 8.88. The summed E-state index contributed by atoms with van der Waals surface area (Å²) in [5.74, 6) is 0. The molecule has 0 saturated heterocycles. The van der Waals surface area contributed by atoms with E-state index in [9.17, 15) is 0 Å². The largest absolute Gasteiger partial charge is 0.399 e. The molecule has 72 valence electrons. The van der Waals surface area contributed by atoms with Crippen LogP contribution in [0.4, 0.5) is 5.69 Å². The van der Waals surface area contributed by atoms with Crippen LogP contribution in [0.25, 0.3) is 0 Å². The second-order valence-electron chi connectivity index (χ2n) is 3.41. The molecule has 2 N–H and O–H groups in total. The minimum Gasteiger partial charge on any atom is -0.399 e. The average molecular weight is 186 g/mol. The molecule has 0 spiro atoms. The maximum absolute atomic E-state index is 5.61. The fourth-order valence-corrected chi connectivity index (χ4v) is 1.46. The Labute approximate surface area is 84.0 Å². The molecule has 0 bridgehead atoms. The van der Waals surface area contributed by atoms with Gasteiger partial charge in [-0.05, 0) is 36.2 Å². The Morgan fingerprint density at radius 2 is 1.64 bits per heavy atom. The lowest BCUT2D eigenvalue weighted by Crippen LogP contribution is -1.98. The van der Waals surface area contributed by atoms with Crippen LogP contribution < -0.4 is 5.73 Å². The smallest absolute Gasteiger partial charge is 0.0314 e. The lowest BCUT2D eigenvalue weighted by Gasteiger charge is -2.03. The Bertz CT molecular complexity index is 373. The molecule has 0 radical (unpaired) electrons. The summed E-state index contributed by atoms with van der Waals surface area (Å²) in [6, 6.07) is 12.2. The summed E-state index contributed by atoms with van der Waals surface area (Å²) in [5.41, 5.74) is 7.77. The standard InChI is InChI=1S/C12H14N2/c13-12-5-3-11(4-6-12)7-10-14-8-1-2-9-14/h1-6,8-9H,7,10,13H2. The highest BCUT2D eigenvalue weighted by molar-refractivity contribution is 5.39. The van der Waals surface area contributed by atoms with Crippen molar-refractivity contribution in [1.29, 1.82) is 0 Å². The number of nitrogen functional groups attached to an aromatic ring is 1. The molecular formula is C12H14N2. The van der Waals surface area contributed by atoms with Crippen LogP contribution in [0.15, 0.2) is 48.8 Å². The van der Waals surface area contributed by atoms with E-state index < -0.39 is 0 Å². The molecular weight excluding hydrogens is 172 g/mol. The van der Waals surface area contributed by atoms with Gasteiger partial charge in [0.2, 0.25) is 0 Å². The maximum atomic E-state index is 5.61. The van der Waals surface area contributed by atoms with Gasteiger partial charge in [0.1, 0.15) is 0 Å². The third kappa shape index (κ3) is 2.16. The Kier molecular flexibility index (Phi) is 2.54. The van der Waals surface area contributed by atoms with Gasteiger partial charge in [-0.2, -0.15) is 0 Å². The summed E-state index contributed by atoms with van der Waals surface area (Å²) in [4.78, 5) is 0. The number of hydrogen-bond acceptors (Lipinski definition) is 1. The van der Waals surface area contributed by atoms with Gasteiger partial charge in [0.05, 0.1) is 0 Å². The van der Waals surface area contributed by atoms with Crippen molar-refractivity contribution < 1.29 is 0 Å². The number of anilines is 1.